The van der Waals surface area contributed by atoms with Crippen LogP contribution in [0.2, 0.25) is 0 Å². The molecular formula is C17H24N4. The van der Waals surface area contributed by atoms with Gasteiger partial charge in [0.05, 0.1) is 6.54 Å². The molecular weight excluding hydrogens is 260 g/mol. The van der Waals surface area contributed by atoms with E-state index in [9.17, 15) is 0 Å². The van der Waals surface area contributed by atoms with Gasteiger partial charge in [-0.25, -0.2) is 0 Å². The second kappa shape index (κ2) is 6.87. The quantitative estimate of drug-likeness (QED) is 0.882. The van der Waals surface area contributed by atoms with Gasteiger partial charge in [-0.05, 0) is 25.0 Å². The van der Waals surface area contributed by atoms with Crippen LogP contribution in [-0.2, 0) is 13.1 Å². The lowest BCUT2D eigenvalue weighted by Crippen LogP contribution is -2.40. The van der Waals surface area contributed by atoms with Crippen molar-refractivity contribution in [3.8, 4) is 0 Å². The molecule has 1 aliphatic heterocycles. The van der Waals surface area contributed by atoms with Crippen LogP contribution in [0, 0.1) is 0 Å². The summed E-state index contributed by atoms with van der Waals surface area (Å²) in [6, 6.07) is 13.8. The largest absolute Gasteiger partial charge is 0.308 e. The molecule has 0 saturated carbocycles. The van der Waals surface area contributed by atoms with Crippen molar-refractivity contribution in [2.24, 2.45) is 0 Å². The number of hydrogen-bond donors (Lipinski definition) is 1. The Bertz CT molecular complexity index is 523. The molecule has 2 heterocycles. The maximum absolute atomic E-state index is 4.27. The standard InChI is InChI=1S/C17H24N4/c1-15(12-21-10-5-9-18-21)19-17-8-11-20(14-17)13-16-6-3-2-4-7-16/h2-7,9-10,15,17,19H,8,11-14H2,1H3. The molecule has 3 rings (SSSR count). The Hall–Kier alpha value is -1.65. The third kappa shape index (κ3) is 4.16. The van der Waals surface area contributed by atoms with Crippen LogP contribution in [0.1, 0.15) is 18.9 Å². The van der Waals surface area contributed by atoms with Crippen molar-refractivity contribution < 1.29 is 0 Å². The zero-order chi connectivity index (χ0) is 14.5. The molecule has 112 valence electrons. The second-order valence-electron chi connectivity index (χ2n) is 6.00. The molecule has 0 bridgehead atoms. The summed E-state index contributed by atoms with van der Waals surface area (Å²) >= 11 is 0. The number of likely N-dealkylation sites (tertiary alicyclic amines) is 1. The van der Waals surface area contributed by atoms with Gasteiger partial charge in [-0.15, -0.1) is 0 Å². The zero-order valence-corrected chi connectivity index (χ0v) is 12.7. The lowest BCUT2D eigenvalue weighted by atomic mass is 10.2. The van der Waals surface area contributed by atoms with Gasteiger partial charge in [-0.3, -0.25) is 9.58 Å². The highest BCUT2D eigenvalue weighted by atomic mass is 15.3. The highest BCUT2D eigenvalue weighted by Gasteiger charge is 2.23. The smallest absolute Gasteiger partial charge is 0.0560 e. The average Bonchev–Trinajstić information content (AvgIpc) is 3.12. The molecule has 2 aromatic rings. The van der Waals surface area contributed by atoms with Crippen molar-refractivity contribution in [1.82, 2.24) is 20.0 Å². The first-order valence-electron chi connectivity index (χ1n) is 7.79. The normalized spacial score (nSPS) is 20.7. The average molecular weight is 284 g/mol. The van der Waals surface area contributed by atoms with Crippen LogP contribution in [0.3, 0.4) is 0 Å². The Morgan fingerprint density at radius 1 is 1.29 bits per heavy atom. The van der Waals surface area contributed by atoms with Crippen molar-refractivity contribution in [2.75, 3.05) is 13.1 Å². The third-order valence-corrected chi connectivity index (χ3v) is 4.06. The molecule has 1 saturated heterocycles. The summed E-state index contributed by atoms with van der Waals surface area (Å²) in [4.78, 5) is 2.54. The molecule has 4 nitrogen and oxygen atoms in total. The molecule has 1 aromatic heterocycles. The Balaban J connectivity index is 1.44. The summed E-state index contributed by atoms with van der Waals surface area (Å²) in [5, 5.41) is 8.00. The van der Waals surface area contributed by atoms with Gasteiger partial charge in [0.1, 0.15) is 0 Å². The highest BCUT2D eigenvalue weighted by Crippen LogP contribution is 2.14. The summed E-state index contributed by atoms with van der Waals surface area (Å²) in [7, 11) is 0. The molecule has 0 amide bonds. The van der Waals surface area contributed by atoms with Gasteiger partial charge in [-0.1, -0.05) is 30.3 Å². The predicted molar refractivity (Wildman–Crippen MR) is 84.9 cm³/mol. The van der Waals surface area contributed by atoms with E-state index in [4.69, 9.17) is 0 Å². The molecule has 1 aliphatic rings. The fraction of sp³-hybridized carbons (Fsp3) is 0.471. The van der Waals surface area contributed by atoms with Crippen LogP contribution in [0.4, 0.5) is 0 Å². The molecule has 0 radical (unpaired) electrons. The zero-order valence-electron chi connectivity index (χ0n) is 12.7. The summed E-state index contributed by atoms with van der Waals surface area (Å²) in [5.41, 5.74) is 1.41. The van der Waals surface area contributed by atoms with Crippen molar-refractivity contribution in [2.45, 2.75) is 38.5 Å². The van der Waals surface area contributed by atoms with E-state index in [1.165, 1.54) is 18.5 Å². The van der Waals surface area contributed by atoms with E-state index in [1.807, 2.05) is 23.1 Å². The number of benzene rings is 1. The van der Waals surface area contributed by atoms with E-state index >= 15 is 0 Å². The number of rotatable bonds is 6. The molecule has 1 N–H and O–H groups in total. The Labute approximate surface area is 126 Å². The maximum Gasteiger partial charge on any atom is 0.0560 e. The van der Waals surface area contributed by atoms with Crippen molar-refractivity contribution in [3.05, 3.63) is 54.4 Å². The summed E-state index contributed by atoms with van der Waals surface area (Å²) in [6.07, 6.45) is 5.09. The molecule has 0 spiro atoms. The van der Waals surface area contributed by atoms with Gasteiger partial charge in [0.15, 0.2) is 0 Å². The number of aromatic nitrogens is 2. The van der Waals surface area contributed by atoms with E-state index in [1.54, 1.807) is 0 Å². The van der Waals surface area contributed by atoms with Gasteiger partial charge in [-0.2, -0.15) is 5.10 Å². The van der Waals surface area contributed by atoms with Crippen LogP contribution in [-0.4, -0.2) is 39.9 Å². The second-order valence-corrected chi connectivity index (χ2v) is 6.00. The molecule has 1 aromatic carbocycles. The summed E-state index contributed by atoms with van der Waals surface area (Å²) < 4.78 is 1.99. The van der Waals surface area contributed by atoms with Crippen molar-refractivity contribution in [3.63, 3.8) is 0 Å². The van der Waals surface area contributed by atoms with Gasteiger partial charge >= 0.3 is 0 Å². The van der Waals surface area contributed by atoms with E-state index < -0.39 is 0 Å². The molecule has 1 fully saturated rings. The molecule has 4 heteroatoms. The first-order chi connectivity index (χ1) is 10.3. The van der Waals surface area contributed by atoms with Crippen LogP contribution < -0.4 is 5.32 Å². The molecule has 0 aliphatic carbocycles. The minimum atomic E-state index is 0.451. The highest BCUT2D eigenvalue weighted by molar-refractivity contribution is 5.14. The van der Waals surface area contributed by atoms with Gasteiger partial charge < -0.3 is 5.32 Å². The Kier molecular flexibility index (Phi) is 4.68. The summed E-state index contributed by atoms with van der Waals surface area (Å²) in [6.45, 7) is 6.55. The lowest BCUT2D eigenvalue weighted by Gasteiger charge is -2.20. The fourth-order valence-electron chi connectivity index (χ4n) is 3.10. The number of nitrogens with zero attached hydrogens (tertiary/aromatic N) is 3. The van der Waals surface area contributed by atoms with Crippen molar-refractivity contribution in [1.29, 1.82) is 0 Å². The number of nitrogens with one attached hydrogen (secondary N) is 1. The maximum atomic E-state index is 4.27. The predicted octanol–water partition coefficient (Wildman–Crippen LogP) is 2.14. The van der Waals surface area contributed by atoms with Gasteiger partial charge in [0.25, 0.3) is 0 Å². The Morgan fingerprint density at radius 3 is 2.90 bits per heavy atom. The minimum absolute atomic E-state index is 0.451. The van der Waals surface area contributed by atoms with Crippen LogP contribution in [0.5, 0.6) is 0 Å². The SMILES string of the molecule is CC(Cn1cccn1)NC1CCN(Cc2ccccc2)C1. The molecule has 21 heavy (non-hydrogen) atoms. The van der Waals surface area contributed by atoms with E-state index in [0.29, 0.717) is 12.1 Å². The van der Waals surface area contributed by atoms with Crippen LogP contribution in [0.15, 0.2) is 48.8 Å². The first-order valence-corrected chi connectivity index (χ1v) is 7.79. The first kappa shape index (κ1) is 14.3. The van der Waals surface area contributed by atoms with E-state index in [2.05, 4.69) is 52.6 Å². The van der Waals surface area contributed by atoms with Crippen molar-refractivity contribution >= 4 is 0 Å². The van der Waals surface area contributed by atoms with Crippen LogP contribution in [0.25, 0.3) is 0 Å². The summed E-state index contributed by atoms with van der Waals surface area (Å²) in [5.74, 6) is 0. The number of hydrogen-bond acceptors (Lipinski definition) is 3. The van der Waals surface area contributed by atoms with E-state index in [0.717, 1.165) is 19.6 Å². The topological polar surface area (TPSA) is 33.1 Å². The third-order valence-electron chi connectivity index (χ3n) is 4.06. The van der Waals surface area contributed by atoms with Gasteiger partial charge in [0.2, 0.25) is 0 Å². The molecule has 2 unspecified atom stereocenters. The molecule has 2 atom stereocenters. The lowest BCUT2D eigenvalue weighted by molar-refractivity contribution is 0.311. The Morgan fingerprint density at radius 2 is 2.14 bits per heavy atom. The minimum Gasteiger partial charge on any atom is -0.308 e. The van der Waals surface area contributed by atoms with E-state index in [-0.39, 0.29) is 0 Å². The monoisotopic (exact) mass is 284 g/mol. The fourth-order valence-corrected chi connectivity index (χ4v) is 3.10. The van der Waals surface area contributed by atoms with Crippen LogP contribution >= 0.6 is 0 Å². The van der Waals surface area contributed by atoms with Gasteiger partial charge in [0, 0.05) is 44.1 Å².